The van der Waals surface area contributed by atoms with Gasteiger partial charge < -0.3 is 5.11 Å². The molecule has 0 atom stereocenters. The fourth-order valence-electron chi connectivity index (χ4n) is 6.24. The number of aliphatic hydroxyl groups is 1. The summed E-state index contributed by atoms with van der Waals surface area (Å²) in [4.78, 5) is 20.9. The van der Waals surface area contributed by atoms with Crippen molar-refractivity contribution < 1.29 is 31.4 Å². The van der Waals surface area contributed by atoms with Crippen LogP contribution in [-0.2, 0) is 36.7 Å². The Balaban J connectivity index is 0.000000347. The second-order valence-electron chi connectivity index (χ2n) is 14.9. The van der Waals surface area contributed by atoms with Crippen molar-refractivity contribution in [2.24, 2.45) is 17.3 Å². The zero-order chi connectivity index (χ0) is 35.4. The first-order valence-electron chi connectivity index (χ1n) is 17.7. The molecule has 0 aliphatic heterocycles. The van der Waals surface area contributed by atoms with Crippen LogP contribution in [0.15, 0.2) is 66.7 Å². The van der Waals surface area contributed by atoms with E-state index in [0.29, 0.717) is 0 Å². The zero-order valence-electron chi connectivity index (χ0n) is 31.4. The molecule has 0 saturated heterocycles. The number of carbonyl (C=O) groups is 1. The van der Waals surface area contributed by atoms with Gasteiger partial charge in [0.2, 0.25) is 0 Å². The summed E-state index contributed by atoms with van der Waals surface area (Å²) in [6, 6.07) is 20.9. The molecule has 0 saturated carbocycles. The van der Waals surface area contributed by atoms with Crippen molar-refractivity contribution in [3.63, 3.8) is 0 Å². The third-order valence-corrected chi connectivity index (χ3v) is 10.1. The maximum atomic E-state index is 11.7. The summed E-state index contributed by atoms with van der Waals surface area (Å²) in [5.41, 5.74) is 5.40. The van der Waals surface area contributed by atoms with E-state index in [4.69, 9.17) is 1.37 Å². The van der Waals surface area contributed by atoms with Crippen LogP contribution in [0.4, 0.5) is 0 Å². The smallest absolute Gasteiger partial charge is 0.162 e. The Morgan fingerprint density at radius 3 is 2.17 bits per heavy atom. The van der Waals surface area contributed by atoms with E-state index in [0.717, 1.165) is 64.4 Å². The number of rotatable bonds is 9. The molecule has 1 radical (unpaired) electrons. The van der Waals surface area contributed by atoms with Crippen molar-refractivity contribution in [3.05, 3.63) is 83.9 Å². The largest absolute Gasteiger partial charge is 0.512 e. The molecule has 2 aromatic heterocycles. The first-order valence-corrected chi connectivity index (χ1v) is 18.0. The van der Waals surface area contributed by atoms with E-state index in [1.807, 2.05) is 27.7 Å². The molecule has 1 N–H and O–H groups in total. The molecule has 0 aliphatic carbocycles. The van der Waals surface area contributed by atoms with Crippen LogP contribution in [0.25, 0.3) is 42.3 Å². The molecule has 259 valence electrons. The van der Waals surface area contributed by atoms with Crippen molar-refractivity contribution in [1.29, 1.82) is 0 Å². The number of nitrogens with zero attached hydrogens (tertiary/aromatic N) is 2. The summed E-state index contributed by atoms with van der Waals surface area (Å²) in [6.07, 6.45) is 5.98. The number of carbonyl (C=O) groups excluding carboxylic acids is 1. The molecule has 0 spiro atoms. The summed E-state index contributed by atoms with van der Waals surface area (Å²) in [5.74, 6) is 0.547. The van der Waals surface area contributed by atoms with Gasteiger partial charge in [-0.05, 0) is 54.6 Å². The van der Waals surface area contributed by atoms with Crippen LogP contribution < -0.4 is 0 Å². The van der Waals surface area contributed by atoms with Gasteiger partial charge in [0.15, 0.2) is 5.78 Å². The number of ketones is 1. The number of aromatic nitrogens is 2. The van der Waals surface area contributed by atoms with Gasteiger partial charge in [-0.3, -0.25) is 9.78 Å². The summed E-state index contributed by atoms with van der Waals surface area (Å²) in [5, 5.41) is 13.2. The molecular weight excluding hydrogens is 789 g/mol. The zero-order valence-corrected chi connectivity index (χ0v) is 33.6. The molecule has 6 heteroatoms. The van der Waals surface area contributed by atoms with E-state index < -0.39 is 0 Å². The third-order valence-electron chi connectivity index (χ3n) is 8.92. The van der Waals surface area contributed by atoms with E-state index >= 15 is 0 Å². The van der Waals surface area contributed by atoms with Gasteiger partial charge in [-0.2, -0.15) is 0 Å². The van der Waals surface area contributed by atoms with Crippen LogP contribution in [0, 0.1) is 23.3 Å². The Morgan fingerprint density at radius 1 is 0.917 bits per heavy atom. The van der Waals surface area contributed by atoms with Gasteiger partial charge in [-0.1, -0.05) is 111 Å². The van der Waals surface area contributed by atoms with Gasteiger partial charge in [0.1, 0.15) is 7.67 Å². The van der Waals surface area contributed by atoms with Crippen molar-refractivity contribution >= 4 is 48.2 Å². The first-order chi connectivity index (χ1) is 22.6. The van der Waals surface area contributed by atoms with Crippen LogP contribution in [-0.4, -0.2) is 20.9 Å². The minimum Gasteiger partial charge on any atom is -0.512 e. The summed E-state index contributed by atoms with van der Waals surface area (Å²) < 4.78 is 10.6. The molecule has 5 aromatic rings. The molecule has 0 aliphatic rings. The SMILES string of the molecule is CCC(CC)C(=O)/C=C(\O)C(CC)CC.[2H]c1nc(-c2[c-]c3ccccc3c(C(C)(C)C)c2)c2sc3cc(CC(C)(C)C)ccc3c2n1.[Ir]. The second-order valence-corrected chi connectivity index (χ2v) is 16.0. The minimum atomic E-state index is -0.0264. The van der Waals surface area contributed by atoms with Crippen molar-refractivity contribution in [2.45, 2.75) is 107 Å². The van der Waals surface area contributed by atoms with Crippen LogP contribution >= 0.6 is 11.3 Å². The Kier molecular flexibility index (Phi) is 13.1. The predicted octanol–water partition coefficient (Wildman–Crippen LogP) is 12.2. The van der Waals surface area contributed by atoms with E-state index in [1.54, 1.807) is 11.3 Å². The Morgan fingerprint density at radius 2 is 1.56 bits per heavy atom. The Bertz CT molecular complexity index is 1930. The summed E-state index contributed by atoms with van der Waals surface area (Å²) in [7, 11) is 0. The van der Waals surface area contributed by atoms with Crippen LogP contribution in [0.1, 0.15) is 107 Å². The van der Waals surface area contributed by atoms with Crippen LogP contribution in [0.2, 0.25) is 0 Å². The fourth-order valence-corrected chi connectivity index (χ4v) is 7.45. The number of allylic oxidation sites excluding steroid dienone is 2. The number of fused-ring (bicyclic) bond motifs is 4. The normalized spacial score (nSPS) is 12.8. The molecule has 0 amide bonds. The van der Waals surface area contributed by atoms with Gasteiger partial charge in [-0.25, -0.2) is 4.98 Å². The molecule has 48 heavy (non-hydrogen) atoms. The topological polar surface area (TPSA) is 63.1 Å². The standard InChI is InChI=1S/C29H29N2S.C13H24O2.Ir/c1-28(2,3)16-18-11-12-22-24(13-18)32-27-25(30-17-31-26(22)27)20-14-19-9-7-8-10-21(19)23(15-20)29(4,5)6;1-5-10(6-2)12(14)9-13(15)11(7-3)8-4;/h7-13,15,17H,16H2,1-6H3;9-11,14H,5-8H2,1-4H3;/q-1;;/b;12-9-;/i17D;;. The maximum absolute atomic E-state index is 11.7. The summed E-state index contributed by atoms with van der Waals surface area (Å²) in [6.45, 7) is 21.6. The third kappa shape index (κ3) is 9.40. The van der Waals surface area contributed by atoms with E-state index in [1.165, 1.54) is 27.3 Å². The first kappa shape index (κ1) is 37.9. The number of hydrogen-bond acceptors (Lipinski definition) is 5. The number of benzene rings is 3. The average Bonchev–Trinajstić information content (AvgIpc) is 3.37. The van der Waals surface area contributed by atoms with Gasteiger partial charge in [0.25, 0.3) is 0 Å². The molecule has 0 unspecified atom stereocenters. The van der Waals surface area contributed by atoms with E-state index in [9.17, 15) is 9.90 Å². The molecule has 2 heterocycles. The van der Waals surface area contributed by atoms with Gasteiger partial charge in [0.05, 0.1) is 11.3 Å². The molecular formula is C42H53IrN2O2S-. The fraction of sp³-hybridized carbons (Fsp3) is 0.452. The number of aliphatic hydroxyl groups excluding tert-OH is 1. The second kappa shape index (κ2) is 16.7. The van der Waals surface area contributed by atoms with Gasteiger partial charge in [-0.15, -0.1) is 40.5 Å². The van der Waals surface area contributed by atoms with Crippen LogP contribution in [0.3, 0.4) is 0 Å². The molecule has 5 rings (SSSR count). The molecule has 0 fully saturated rings. The van der Waals surface area contributed by atoms with E-state index in [-0.39, 0.29) is 60.6 Å². The van der Waals surface area contributed by atoms with Gasteiger partial charge >= 0.3 is 0 Å². The Hall–Kier alpha value is -2.92. The monoisotopic (exact) mass is 843 g/mol. The van der Waals surface area contributed by atoms with Gasteiger partial charge in [0, 0.05) is 58.5 Å². The number of hydrogen-bond donors (Lipinski definition) is 1. The number of thiophene rings is 1. The van der Waals surface area contributed by atoms with E-state index in [2.05, 4.69) is 106 Å². The molecule has 4 nitrogen and oxygen atoms in total. The quantitative estimate of drug-likeness (QED) is 0.0912. The average molecular weight is 843 g/mol. The predicted molar refractivity (Wildman–Crippen MR) is 202 cm³/mol. The van der Waals surface area contributed by atoms with Crippen molar-refractivity contribution in [1.82, 2.24) is 9.97 Å². The summed E-state index contributed by atoms with van der Waals surface area (Å²) >= 11 is 1.72. The van der Waals surface area contributed by atoms with Crippen LogP contribution in [0.5, 0.6) is 0 Å². The molecule has 3 aromatic carbocycles. The molecule has 0 bridgehead atoms. The van der Waals surface area contributed by atoms with Crippen molar-refractivity contribution in [2.75, 3.05) is 0 Å². The van der Waals surface area contributed by atoms with Crippen molar-refractivity contribution in [3.8, 4) is 11.3 Å². The maximum Gasteiger partial charge on any atom is 0.162 e. The Labute approximate surface area is 307 Å². The minimum absolute atomic E-state index is 0.